The molecule has 1 amide bonds. The van der Waals surface area contributed by atoms with Gasteiger partial charge in [0.1, 0.15) is 12.3 Å². The van der Waals surface area contributed by atoms with Crippen LogP contribution in [0.15, 0.2) is 58.1 Å². The Hall–Kier alpha value is -2.87. The molecule has 0 spiro atoms. The molecule has 1 aromatic heterocycles. The van der Waals surface area contributed by atoms with Gasteiger partial charge in [0.2, 0.25) is 5.91 Å². The molecule has 29 heavy (non-hydrogen) atoms. The number of piperazine rings is 1. The fourth-order valence-electron chi connectivity index (χ4n) is 3.58. The number of para-hydroxylation sites is 2. The summed E-state index contributed by atoms with van der Waals surface area (Å²) in [4.78, 5) is 33.8. The number of fused-ring (bicyclic) bond motifs is 1. The fraction of sp³-hybridized carbons (Fsp3) is 0.286. The lowest BCUT2D eigenvalue weighted by Crippen LogP contribution is -2.50. The molecule has 8 heteroatoms. The summed E-state index contributed by atoms with van der Waals surface area (Å²) in [7, 11) is 1.66. The highest BCUT2D eigenvalue weighted by molar-refractivity contribution is 9.10. The smallest absolute Gasteiger partial charge is 0.261 e. The molecule has 0 saturated carbocycles. The third-order valence-electron chi connectivity index (χ3n) is 5.15. The molecule has 1 fully saturated rings. The minimum atomic E-state index is -0.211. The molecule has 0 unspecified atom stereocenters. The number of nitrogens with zero attached hydrogens (tertiary/aromatic N) is 4. The predicted molar refractivity (Wildman–Crippen MR) is 115 cm³/mol. The Morgan fingerprint density at radius 2 is 1.90 bits per heavy atom. The molecule has 1 aliphatic rings. The van der Waals surface area contributed by atoms with Gasteiger partial charge in [0.15, 0.2) is 0 Å². The molecule has 3 aromatic rings. The Morgan fingerprint density at radius 1 is 1.14 bits per heavy atom. The lowest BCUT2D eigenvalue weighted by Gasteiger charge is -2.36. The number of amides is 1. The van der Waals surface area contributed by atoms with E-state index in [0.717, 1.165) is 15.9 Å². The zero-order chi connectivity index (χ0) is 20.4. The average Bonchev–Trinajstić information content (AvgIpc) is 2.76. The molecule has 0 atom stereocenters. The van der Waals surface area contributed by atoms with E-state index in [2.05, 4.69) is 25.8 Å². The van der Waals surface area contributed by atoms with Gasteiger partial charge in [-0.3, -0.25) is 14.2 Å². The van der Waals surface area contributed by atoms with Gasteiger partial charge in [-0.05, 0) is 30.3 Å². The molecule has 7 nitrogen and oxygen atoms in total. The molecular weight excluding hydrogens is 436 g/mol. The number of rotatable bonds is 4. The number of ether oxygens (including phenoxy) is 1. The van der Waals surface area contributed by atoms with Crippen molar-refractivity contribution in [2.24, 2.45) is 0 Å². The number of carbonyl (C=O) groups is 1. The number of carbonyl (C=O) groups excluding carboxylic acids is 1. The Kier molecular flexibility index (Phi) is 5.53. The van der Waals surface area contributed by atoms with Gasteiger partial charge in [0, 0.05) is 30.7 Å². The summed E-state index contributed by atoms with van der Waals surface area (Å²) in [6, 6.07) is 13.2. The van der Waals surface area contributed by atoms with Gasteiger partial charge in [-0.15, -0.1) is 0 Å². The van der Waals surface area contributed by atoms with Crippen LogP contribution < -0.4 is 15.2 Å². The summed E-state index contributed by atoms with van der Waals surface area (Å²) in [5, 5.41) is 0.496. The minimum absolute atomic E-state index is 0.0110. The van der Waals surface area contributed by atoms with Crippen molar-refractivity contribution < 1.29 is 9.53 Å². The number of halogens is 1. The maximum Gasteiger partial charge on any atom is 0.261 e. The molecule has 2 aromatic carbocycles. The Balaban J connectivity index is 1.45. The van der Waals surface area contributed by atoms with Crippen molar-refractivity contribution in [3.05, 3.63) is 63.6 Å². The Labute approximate surface area is 176 Å². The van der Waals surface area contributed by atoms with Crippen molar-refractivity contribution >= 4 is 38.4 Å². The van der Waals surface area contributed by atoms with Crippen LogP contribution in [0.25, 0.3) is 10.9 Å². The first-order valence-corrected chi connectivity index (χ1v) is 10.2. The molecule has 2 heterocycles. The van der Waals surface area contributed by atoms with Crippen molar-refractivity contribution in [1.29, 1.82) is 0 Å². The summed E-state index contributed by atoms with van der Waals surface area (Å²) in [6.45, 7) is 2.60. The van der Waals surface area contributed by atoms with Crippen molar-refractivity contribution in [3.63, 3.8) is 0 Å². The molecular formula is C21H21BrN4O3. The van der Waals surface area contributed by atoms with Gasteiger partial charge < -0.3 is 14.5 Å². The highest BCUT2D eigenvalue weighted by Gasteiger charge is 2.23. The summed E-state index contributed by atoms with van der Waals surface area (Å²) < 4.78 is 7.62. The molecule has 150 valence electrons. The summed E-state index contributed by atoms with van der Waals surface area (Å²) >= 11 is 3.37. The zero-order valence-electron chi connectivity index (χ0n) is 16.0. The van der Waals surface area contributed by atoms with Crippen molar-refractivity contribution in [2.45, 2.75) is 6.54 Å². The molecule has 1 saturated heterocycles. The highest BCUT2D eigenvalue weighted by Crippen LogP contribution is 2.28. The van der Waals surface area contributed by atoms with E-state index in [1.807, 2.05) is 30.3 Å². The number of benzene rings is 2. The maximum atomic E-state index is 12.8. The van der Waals surface area contributed by atoms with Gasteiger partial charge in [-0.25, -0.2) is 4.98 Å². The third-order valence-corrected chi connectivity index (χ3v) is 5.64. The van der Waals surface area contributed by atoms with E-state index < -0.39 is 0 Å². The van der Waals surface area contributed by atoms with Crippen LogP contribution in [-0.4, -0.2) is 53.6 Å². The van der Waals surface area contributed by atoms with E-state index in [9.17, 15) is 9.59 Å². The standard InChI is InChI=1S/C21H21BrN4O3/c1-29-19-5-3-2-4-18(19)24-8-10-25(11-9-24)20(27)13-26-14-23-17-7-6-15(22)12-16(17)21(26)28/h2-7,12,14H,8-11,13H2,1H3. The highest BCUT2D eigenvalue weighted by atomic mass is 79.9. The Morgan fingerprint density at radius 3 is 2.66 bits per heavy atom. The maximum absolute atomic E-state index is 12.8. The summed E-state index contributed by atoms with van der Waals surface area (Å²) in [5.41, 5.74) is 1.44. The van der Waals surface area contributed by atoms with Crippen LogP contribution in [0.2, 0.25) is 0 Å². The second-order valence-corrected chi connectivity index (χ2v) is 7.79. The van der Waals surface area contributed by atoms with E-state index in [1.165, 1.54) is 10.9 Å². The zero-order valence-corrected chi connectivity index (χ0v) is 17.6. The van der Waals surface area contributed by atoms with Gasteiger partial charge in [0.05, 0.1) is 30.0 Å². The third kappa shape index (κ3) is 3.98. The van der Waals surface area contributed by atoms with Crippen molar-refractivity contribution in [2.75, 3.05) is 38.2 Å². The summed E-state index contributed by atoms with van der Waals surface area (Å²) in [5.74, 6) is 0.746. The van der Waals surface area contributed by atoms with E-state index in [1.54, 1.807) is 24.1 Å². The topological polar surface area (TPSA) is 67.7 Å². The fourth-order valence-corrected chi connectivity index (χ4v) is 3.94. The summed E-state index contributed by atoms with van der Waals surface area (Å²) in [6.07, 6.45) is 1.45. The van der Waals surface area contributed by atoms with Gasteiger partial charge >= 0.3 is 0 Å². The molecule has 4 rings (SSSR count). The number of anilines is 1. The monoisotopic (exact) mass is 456 g/mol. The van der Waals surface area contributed by atoms with E-state index >= 15 is 0 Å². The molecule has 0 aliphatic carbocycles. The molecule has 0 radical (unpaired) electrons. The number of hydrogen-bond acceptors (Lipinski definition) is 5. The van der Waals surface area contributed by atoms with Crippen LogP contribution in [0.4, 0.5) is 5.69 Å². The van der Waals surface area contributed by atoms with Gasteiger partial charge in [0.25, 0.3) is 5.56 Å². The quantitative estimate of drug-likeness (QED) is 0.603. The van der Waals surface area contributed by atoms with E-state index in [0.29, 0.717) is 37.1 Å². The van der Waals surface area contributed by atoms with Crippen LogP contribution in [0, 0.1) is 0 Å². The van der Waals surface area contributed by atoms with Gasteiger partial charge in [-0.1, -0.05) is 28.1 Å². The van der Waals surface area contributed by atoms with E-state index in [-0.39, 0.29) is 18.0 Å². The normalized spacial score (nSPS) is 14.3. The van der Waals surface area contributed by atoms with Gasteiger partial charge in [-0.2, -0.15) is 0 Å². The lowest BCUT2D eigenvalue weighted by molar-refractivity contribution is -0.132. The number of aromatic nitrogens is 2. The second-order valence-electron chi connectivity index (χ2n) is 6.88. The van der Waals surface area contributed by atoms with Crippen LogP contribution in [0.1, 0.15) is 0 Å². The predicted octanol–water partition coefficient (Wildman–Crippen LogP) is 2.52. The molecule has 1 aliphatic heterocycles. The average molecular weight is 457 g/mol. The van der Waals surface area contributed by atoms with Crippen LogP contribution in [0.5, 0.6) is 5.75 Å². The molecule has 0 bridgehead atoms. The molecule has 0 N–H and O–H groups in total. The largest absolute Gasteiger partial charge is 0.495 e. The van der Waals surface area contributed by atoms with E-state index in [4.69, 9.17) is 4.74 Å². The first-order chi connectivity index (χ1) is 14.1. The van der Waals surface area contributed by atoms with Crippen molar-refractivity contribution in [1.82, 2.24) is 14.5 Å². The van der Waals surface area contributed by atoms with Crippen LogP contribution in [0.3, 0.4) is 0 Å². The lowest BCUT2D eigenvalue weighted by atomic mass is 10.2. The first-order valence-electron chi connectivity index (χ1n) is 9.37. The number of methoxy groups -OCH3 is 1. The van der Waals surface area contributed by atoms with Crippen LogP contribution >= 0.6 is 15.9 Å². The Bertz CT molecular complexity index is 1110. The van der Waals surface area contributed by atoms with Crippen LogP contribution in [-0.2, 0) is 11.3 Å². The van der Waals surface area contributed by atoms with Crippen molar-refractivity contribution in [3.8, 4) is 5.75 Å². The minimum Gasteiger partial charge on any atom is -0.495 e. The first kappa shape index (κ1) is 19.4. The second kappa shape index (κ2) is 8.24. The SMILES string of the molecule is COc1ccccc1N1CCN(C(=O)Cn2cnc3ccc(Br)cc3c2=O)CC1. The number of hydrogen-bond donors (Lipinski definition) is 0.